The number of hydrogen-bond donors (Lipinski definition) is 2. The molecule has 2 N–H and O–H groups in total. The van der Waals surface area contributed by atoms with E-state index in [2.05, 4.69) is 34.9 Å². The first-order valence-corrected chi connectivity index (χ1v) is 8.72. The standard InChI is InChI=1S/C20H22N2O3/c23-19(21-12-15-6-4-9-17-18(15)25-14-24-17)22-13-20(10-5-11-20)16-7-2-1-3-8-16/h1-4,6-9H,5,10-14H2,(H2,21,22,23). The van der Waals surface area contributed by atoms with Crippen LogP contribution in [0.5, 0.6) is 11.5 Å². The summed E-state index contributed by atoms with van der Waals surface area (Å²) in [5, 5.41) is 5.96. The summed E-state index contributed by atoms with van der Waals surface area (Å²) in [5.74, 6) is 1.46. The highest BCUT2D eigenvalue weighted by atomic mass is 16.7. The predicted octanol–water partition coefficient (Wildman–Crippen LogP) is 3.34. The summed E-state index contributed by atoms with van der Waals surface area (Å²) in [6.45, 7) is 1.31. The molecule has 1 aliphatic heterocycles. The minimum absolute atomic E-state index is 0.0869. The van der Waals surface area contributed by atoms with E-state index < -0.39 is 0 Å². The number of para-hydroxylation sites is 1. The number of amides is 2. The lowest BCUT2D eigenvalue weighted by Gasteiger charge is -2.42. The molecule has 0 radical (unpaired) electrons. The zero-order valence-electron chi connectivity index (χ0n) is 14.1. The van der Waals surface area contributed by atoms with Crippen molar-refractivity contribution in [3.63, 3.8) is 0 Å². The summed E-state index contributed by atoms with van der Waals surface area (Å²) in [5.41, 5.74) is 2.32. The molecule has 5 nitrogen and oxygen atoms in total. The van der Waals surface area contributed by atoms with Gasteiger partial charge in [0, 0.05) is 24.1 Å². The van der Waals surface area contributed by atoms with E-state index in [1.807, 2.05) is 24.3 Å². The van der Waals surface area contributed by atoms with Gasteiger partial charge in [0.1, 0.15) is 0 Å². The van der Waals surface area contributed by atoms with Gasteiger partial charge in [-0.05, 0) is 24.5 Å². The maximum absolute atomic E-state index is 12.2. The molecule has 0 saturated heterocycles. The minimum Gasteiger partial charge on any atom is -0.454 e. The molecule has 2 aromatic carbocycles. The van der Waals surface area contributed by atoms with Crippen molar-refractivity contribution in [1.29, 1.82) is 0 Å². The number of benzene rings is 2. The zero-order chi connectivity index (χ0) is 17.1. The van der Waals surface area contributed by atoms with Crippen molar-refractivity contribution in [2.45, 2.75) is 31.2 Å². The van der Waals surface area contributed by atoms with E-state index in [0.29, 0.717) is 13.1 Å². The predicted molar refractivity (Wildman–Crippen MR) is 94.8 cm³/mol. The van der Waals surface area contributed by atoms with Gasteiger partial charge in [-0.1, -0.05) is 48.9 Å². The number of ether oxygens (including phenoxy) is 2. The van der Waals surface area contributed by atoms with Crippen LogP contribution >= 0.6 is 0 Å². The SMILES string of the molecule is O=C(NCc1cccc2c1OCO2)NCC1(c2ccccc2)CCC1. The van der Waals surface area contributed by atoms with Crippen LogP contribution in [0.15, 0.2) is 48.5 Å². The molecule has 0 bridgehead atoms. The first-order valence-electron chi connectivity index (χ1n) is 8.72. The van der Waals surface area contributed by atoms with E-state index in [-0.39, 0.29) is 18.2 Å². The highest BCUT2D eigenvalue weighted by molar-refractivity contribution is 5.74. The Morgan fingerprint density at radius 3 is 2.60 bits per heavy atom. The molecule has 1 aliphatic carbocycles. The van der Waals surface area contributed by atoms with Crippen molar-refractivity contribution in [2.24, 2.45) is 0 Å². The maximum atomic E-state index is 12.2. The van der Waals surface area contributed by atoms with Gasteiger partial charge in [-0.15, -0.1) is 0 Å². The third-order valence-electron chi connectivity index (χ3n) is 5.20. The third kappa shape index (κ3) is 3.14. The Labute approximate surface area is 147 Å². The van der Waals surface area contributed by atoms with Crippen LogP contribution in [-0.4, -0.2) is 19.4 Å². The number of rotatable bonds is 5. The molecule has 2 amide bonds. The fourth-order valence-electron chi connectivity index (χ4n) is 3.58. The molecule has 2 aromatic rings. The van der Waals surface area contributed by atoms with Crippen LogP contribution < -0.4 is 20.1 Å². The number of nitrogens with one attached hydrogen (secondary N) is 2. The molecule has 4 rings (SSSR count). The van der Waals surface area contributed by atoms with Crippen molar-refractivity contribution in [1.82, 2.24) is 10.6 Å². The van der Waals surface area contributed by atoms with Crippen molar-refractivity contribution < 1.29 is 14.3 Å². The number of urea groups is 1. The van der Waals surface area contributed by atoms with Gasteiger partial charge in [-0.25, -0.2) is 4.79 Å². The topological polar surface area (TPSA) is 59.6 Å². The number of carbonyl (C=O) groups is 1. The second-order valence-corrected chi connectivity index (χ2v) is 6.69. The van der Waals surface area contributed by atoms with Gasteiger partial charge >= 0.3 is 6.03 Å². The van der Waals surface area contributed by atoms with E-state index in [0.717, 1.165) is 29.9 Å². The van der Waals surface area contributed by atoms with Gasteiger partial charge in [0.2, 0.25) is 6.79 Å². The number of fused-ring (bicyclic) bond motifs is 1. The van der Waals surface area contributed by atoms with Crippen LogP contribution in [0.2, 0.25) is 0 Å². The summed E-state index contributed by atoms with van der Waals surface area (Å²) >= 11 is 0. The summed E-state index contributed by atoms with van der Waals surface area (Å²) < 4.78 is 10.8. The van der Waals surface area contributed by atoms with Gasteiger partial charge in [-0.2, -0.15) is 0 Å². The van der Waals surface area contributed by atoms with Crippen molar-refractivity contribution in [2.75, 3.05) is 13.3 Å². The van der Waals surface area contributed by atoms with E-state index in [9.17, 15) is 4.79 Å². The fraction of sp³-hybridized carbons (Fsp3) is 0.350. The first kappa shape index (κ1) is 15.8. The van der Waals surface area contributed by atoms with Crippen molar-refractivity contribution in [3.8, 4) is 11.5 Å². The summed E-state index contributed by atoms with van der Waals surface area (Å²) in [4.78, 5) is 12.2. The molecule has 1 saturated carbocycles. The van der Waals surface area contributed by atoms with E-state index in [1.165, 1.54) is 12.0 Å². The molecule has 5 heteroatoms. The first-order chi connectivity index (χ1) is 12.3. The molecule has 2 aliphatic rings. The lowest BCUT2D eigenvalue weighted by atomic mass is 9.64. The Balaban J connectivity index is 1.33. The zero-order valence-corrected chi connectivity index (χ0v) is 14.1. The Hall–Kier alpha value is -2.69. The maximum Gasteiger partial charge on any atom is 0.315 e. The van der Waals surface area contributed by atoms with E-state index in [4.69, 9.17) is 9.47 Å². The molecular formula is C20H22N2O3. The van der Waals surface area contributed by atoms with Crippen LogP contribution in [0.4, 0.5) is 4.79 Å². The van der Waals surface area contributed by atoms with Crippen LogP contribution in [0.25, 0.3) is 0 Å². The Morgan fingerprint density at radius 2 is 1.84 bits per heavy atom. The lowest BCUT2D eigenvalue weighted by molar-refractivity contribution is 0.173. The van der Waals surface area contributed by atoms with Crippen LogP contribution in [-0.2, 0) is 12.0 Å². The van der Waals surface area contributed by atoms with Crippen molar-refractivity contribution in [3.05, 3.63) is 59.7 Å². The Morgan fingerprint density at radius 1 is 1.00 bits per heavy atom. The second-order valence-electron chi connectivity index (χ2n) is 6.69. The second kappa shape index (κ2) is 6.67. The van der Waals surface area contributed by atoms with Gasteiger partial charge in [0.15, 0.2) is 11.5 Å². The van der Waals surface area contributed by atoms with Gasteiger partial charge in [0.25, 0.3) is 0 Å². The Kier molecular flexibility index (Phi) is 4.22. The molecule has 0 spiro atoms. The summed E-state index contributed by atoms with van der Waals surface area (Å²) in [6, 6.07) is 16.0. The lowest BCUT2D eigenvalue weighted by Crippen LogP contribution is -2.48. The molecule has 25 heavy (non-hydrogen) atoms. The van der Waals surface area contributed by atoms with Gasteiger partial charge in [0.05, 0.1) is 0 Å². The quantitative estimate of drug-likeness (QED) is 0.879. The van der Waals surface area contributed by atoms with E-state index in [1.54, 1.807) is 0 Å². The molecular weight excluding hydrogens is 316 g/mol. The molecule has 0 unspecified atom stereocenters. The average Bonchev–Trinajstić information content (AvgIpc) is 3.09. The van der Waals surface area contributed by atoms with Crippen LogP contribution in [0.3, 0.4) is 0 Å². The third-order valence-corrected chi connectivity index (χ3v) is 5.20. The Bertz CT molecular complexity index is 757. The monoisotopic (exact) mass is 338 g/mol. The van der Waals surface area contributed by atoms with Gasteiger partial charge < -0.3 is 20.1 Å². The molecule has 1 heterocycles. The van der Waals surface area contributed by atoms with Crippen LogP contribution in [0, 0.1) is 0 Å². The summed E-state index contributed by atoms with van der Waals surface area (Å²) in [6.07, 6.45) is 3.45. The van der Waals surface area contributed by atoms with Crippen molar-refractivity contribution >= 4 is 6.03 Å². The molecule has 0 atom stereocenters. The largest absolute Gasteiger partial charge is 0.454 e. The fourth-order valence-corrected chi connectivity index (χ4v) is 3.58. The number of carbonyl (C=O) groups excluding carboxylic acids is 1. The van der Waals surface area contributed by atoms with Crippen LogP contribution in [0.1, 0.15) is 30.4 Å². The normalized spacial score (nSPS) is 16.8. The minimum atomic E-state index is -0.154. The average molecular weight is 338 g/mol. The van der Waals surface area contributed by atoms with E-state index >= 15 is 0 Å². The number of hydrogen-bond acceptors (Lipinski definition) is 3. The molecule has 1 fully saturated rings. The molecule has 130 valence electrons. The van der Waals surface area contributed by atoms with Gasteiger partial charge in [-0.3, -0.25) is 0 Å². The molecule has 0 aromatic heterocycles. The highest BCUT2D eigenvalue weighted by Crippen LogP contribution is 2.43. The smallest absolute Gasteiger partial charge is 0.315 e. The summed E-state index contributed by atoms with van der Waals surface area (Å²) in [7, 11) is 0. The highest BCUT2D eigenvalue weighted by Gasteiger charge is 2.38.